The fourth-order valence-electron chi connectivity index (χ4n) is 1.72. The van der Waals surface area contributed by atoms with Crippen molar-refractivity contribution in [2.75, 3.05) is 13.7 Å². The van der Waals surface area contributed by atoms with E-state index in [2.05, 4.69) is 20.9 Å². The van der Waals surface area contributed by atoms with Crippen LogP contribution >= 0.6 is 15.9 Å². The lowest BCUT2D eigenvalue weighted by atomic mass is 10.2. The van der Waals surface area contributed by atoms with Crippen LogP contribution in [0.4, 0.5) is 0 Å². The highest BCUT2D eigenvalue weighted by Gasteiger charge is 2.27. The van der Waals surface area contributed by atoms with Gasteiger partial charge in [0.15, 0.2) is 0 Å². The molecule has 0 spiro atoms. The fourth-order valence-corrected chi connectivity index (χ4v) is 2.35. The van der Waals surface area contributed by atoms with Gasteiger partial charge in [0.05, 0.1) is 7.11 Å². The topological polar surface area (TPSA) is 42.4 Å². The number of ether oxygens (including phenoxy) is 1. The number of alkyl halides is 1. The quantitative estimate of drug-likeness (QED) is 0.792. The molecule has 1 aliphatic rings. The molecule has 1 fully saturated rings. The van der Waals surface area contributed by atoms with E-state index in [-0.39, 0.29) is 10.7 Å². The summed E-state index contributed by atoms with van der Waals surface area (Å²) < 4.78 is 4.98. The van der Waals surface area contributed by atoms with E-state index in [0.29, 0.717) is 18.8 Å². The molecular formula is C11H13BrN2O2. The molecule has 0 aromatic carbocycles. The number of likely N-dealkylation sites (tertiary alicyclic amines) is 1. The minimum Gasteiger partial charge on any atom is -0.481 e. The van der Waals surface area contributed by atoms with E-state index in [9.17, 15) is 4.79 Å². The van der Waals surface area contributed by atoms with Crippen molar-refractivity contribution in [3.05, 3.63) is 23.9 Å². The number of aromatic nitrogens is 1. The SMILES string of the molecule is COc1ccc(CN2CC(Br)CC2=O)cn1. The second-order valence-electron chi connectivity index (χ2n) is 3.78. The number of hydrogen-bond acceptors (Lipinski definition) is 3. The largest absolute Gasteiger partial charge is 0.481 e. The van der Waals surface area contributed by atoms with Crippen molar-refractivity contribution in [3.8, 4) is 5.88 Å². The van der Waals surface area contributed by atoms with Gasteiger partial charge >= 0.3 is 0 Å². The molecule has 4 nitrogen and oxygen atoms in total. The maximum atomic E-state index is 11.6. The molecule has 1 amide bonds. The van der Waals surface area contributed by atoms with E-state index in [1.165, 1.54) is 0 Å². The van der Waals surface area contributed by atoms with Gasteiger partial charge in [0, 0.05) is 36.6 Å². The van der Waals surface area contributed by atoms with Crippen LogP contribution in [0.1, 0.15) is 12.0 Å². The Morgan fingerprint density at radius 3 is 2.94 bits per heavy atom. The molecule has 0 radical (unpaired) electrons. The summed E-state index contributed by atoms with van der Waals surface area (Å²) in [7, 11) is 1.58. The molecule has 1 aromatic heterocycles. The van der Waals surface area contributed by atoms with E-state index in [4.69, 9.17) is 4.74 Å². The first kappa shape index (κ1) is 11.4. The molecule has 1 atom stereocenters. The van der Waals surface area contributed by atoms with E-state index in [1.807, 2.05) is 17.0 Å². The van der Waals surface area contributed by atoms with Crippen LogP contribution in [0.25, 0.3) is 0 Å². The lowest BCUT2D eigenvalue weighted by molar-refractivity contribution is -0.128. The monoisotopic (exact) mass is 284 g/mol. The molecule has 1 aliphatic heterocycles. The molecule has 1 unspecified atom stereocenters. The lowest BCUT2D eigenvalue weighted by Gasteiger charge is -2.15. The summed E-state index contributed by atoms with van der Waals surface area (Å²) >= 11 is 3.46. The Bertz CT molecular complexity index is 380. The summed E-state index contributed by atoms with van der Waals surface area (Å²) in [5.41, 5.74) is 1.02. The molecule has 0 N–H and O–H groups in total. The third-order valence-corrected chi connectivity index (χ3v) is 3.16. The predicted molar refractivity (Wildman–Crippen MR) is 63.5 cm³/mol. The Morgan fingerprint density at radius 1 is 1.62 bits per heavy atom. The van der Waals surface area contributed by atoms with Gasteiger partial charge in [-0.3, -0.25) is 4.79 Å². The van der Waals surface area contributed by atoms with Gasteiger partial charge in [0.1, 0.15) is 0 Å². The summed E-state index contributed by atoms with van der Waals surface area (Å²) in [5, 5.41) is 0. The predicted octanol–water partition coefficient (Wildman–Crippen LogP) is 1.59. The molecule has 1 saturated heterocycles. The molecule has 0 aliphatic carbocycles. The van der Waals surface area contributed by atoms with E-state index in [1.54, 1.807) is 13.3 Å². The van der Waals surface area contributed by atoms with Crippen LogP contribution in [-0.2, 0) is 11.3 Å². The first-order valence-corrected chi connectivity index (χ1v) is 6.01. The van der Waals surface area contributed by atoms with Gasteiger partial charge in [0.2, 0.25) is 11.8 Å². The summed E-state index contributed by atoms with van der Waals surface area (Å²) in [4.78, 5) is 17.8. The van der Waals surface area contributed by atoms with Gasteiger partial charge in [-0.2, -0.15) is 0 Å². The molecule has 1 aromatic rings. The Labute approximate surface area is 103 Å². The van der Waals surface area contributed by atoms with Crippen molar-refractivity contribution >= 4 is 21.8 Å². The Hall–Kier alpha value is -1.10. The van der Waals surface area contributed by atoms with Crippen LogP contribution in [0, 0.1) is 0 Å². The molecular weight excluding hydrogens is 272 g/mol. The number of nitrogens with zero attached hydrogens (tertiary/aromatic N) is 2. The number of carbonyl (C=O) groups excluding carboxylic acids is 1. The second-order valence-corrected chi connectivity index (χ2v) is 5.08. The van der Waals surface area contributed by atoms with Crippen LogP contribution in [0.3, 0.4) is 0 Å². The second kappa shape index (κ2) is 4.82. The molecule has 2 heterocycles. The molecule has 16 heavy (non-hydrogen) atoms. The highest BCUT2D eigenvalue weighted by molar-refractivity contribution is 9.09. The van der Waals surface area contributed by atoms with Gasteiger partial charge < -0.3 is 9.64 Å². The van der Waals surface area contributed by atoms with Crippen molar-refractivity contribution in [2.24, 2.45) is 0 Å². The highest BCUT2D eigenvalue weighted by Crippen LogP contribution is 2.20. The zero-order chi connectivity index (χ0) is 11.5. The number of halogens is 1. The maximum absolute atomic E-state index is 11.6. The number of methoxy groups -OCH3 is 1. The Morgan fingerprint density at radius 2 is 2.44 bits per heavy atom. The van der Waals surface area contributed by atoms with E-state index in [0.717, 1.165) is 12.1 Å². The minimum atomic E-state index is 0.192. The zero-order valence-electron chi connectivity index (χ0n) is 9.02. The smallest absolute Gasteiger partial charge is 0.224 e. The molecule has 86 valence electrons. The van der Waals surface area contributed by atoms with Gasteiger partial charge in [0.25, 0.3) is 0 Å². The van der Waals surface area contributed by atoms with E-state index >= 15 is 0 Å². The fraction of sp³-hybridized carbons (Fsp3) is 0.455. The van der Waals surface area contributed by atoms with Crippen LogP contribution in [0.5, 0.6) is 5.88 Å². The van der Waals surface area contributed by atoms with Gasteiger partial charge in [-0.1, -0.05) is 22.0 Å². The molecule has 0 bridgehead atoms. The third kappa shape index (κ3) is 2.52. The number of rotatable bonds is 3. The molecule has 0 saturated carbocycles. The molecule has 5 heteroatoms. The molecule has 2 rings (SSSR count). The van der Waals surface area contributed by atoms with Crippen molar-refractivity contribution in [2.45, 2.75) is 17.8 Å². The van der Waals surface area contributed by atoms with Crippen molar-refractivity contribution in [1.29, 1.82) is 0 Å². The minimum absolute atomic E-state index is 0.192. The van der Waals surface area contributed by atoms with Crippen molar-refractivity contribution < 1.29 is 9.53 Å². The first-order valence-electron chi connectivity index (χ1n) is 5.10. The van der Waals surface area contributed by atoms with Crippen LogP contribution in [0.2, 0.25) is 0 Å². The van der Waals surface area contributed by atoms with Crippen molar-refractivity contribution in [1.82, 2.24) is 9.88 Å². The standard InChI is InChI=1S/C11H13BrN2O2/c1-16-10-3-2-8(5-13-10)6-14-7-9(12)4-11(14)15/h2-3,5,9H,4,6-7H2,1H3. The highest BCUT2D eigenvalue weighted by atomic mass is 79.9. The zero-order valence-corrected chi connectivity index (χ0v) is 10.6. The van der Waals surface area contributed by atoms with E-state index < -0.39 is 0 Å². The van der Waals surface area contributed by atoms with Gasteiger partial charge in [-0.15, -0.1) is 0 Å². The summed E-state index contributed by atoms with van der Waals surface area (Å²) in [6, 6.07) is 3.74. The van der Waals surface area contributed by atoms with Crippen LogP contribution < -0.4 is 4.74 Å². The summed E-state index contributed by atoms with van der Waals surface area (Å²) in [6.45, 7) is 1.39. The third-order valence-electron chi connectivity index (χ3n) is 2.55. The van der Waals surface area contributed by atoms with Crippen LogP contribution in [0.15, 0.2) is 18.3 Å². The normalized spacial score (nSPS) is 20.2. The average Bonchev–Trinajstić information content (AvgIpc) is 2.59. The average molecular weight is 285 g/mol. The van der Waals surface area contributed by atoms with Gasteiger partial charge in [-0.05, 0) is 5.56 Å². The summed E-state index contributed by atoms with van der Waals surface area (Å²) in [5.74, 6) is 0.785. The Balaban J connectivity index is 2.01. The number of pyridine rings is 1. The van der Waals surface area contributed by atoms with Crippen molar-refractivity contribution in [3.63, 3.8) is 0 Å². The van der Waals surface area contributed by atoms with Gasteiger partial charge in [-0.25, -0.2) is 4.98 Å². The summed E-state index contributed by atoms with van der Waals surface area (Å²) in [6.07, 6.45) is 2.33. The number of carbonyl (C=O) groups is 1. The lowest BCUT2D eigenvalue weighted by Crippen LogP contribution is -2.24. The van der Waals surface area contributed by atoms with Crippen LogP contribution in [-0.4, -0.2) is 34.3 Å². The first-order chi connectivity index (χ1) is 7.69. The maximum Gasteiger partial charge on any atom is 0.224 e. The number of amides is 1. The Kier molecular flexibility index (Phi) is 3.43. The number of hydrogen-bond donors (Lipinski definition) is 0.